The van der Waals surface area contributed by atoms with E-state index in [4.69, 9.17) is 11.5 Å². The molecule has 0 saturated carbocycles. The van der Waals surface area contributed by atoms with Gasteiger partial charge in [0.25, 0.3) is 0 Å². The first-order valence-electron chi connectivity index (χ1n) is 5.01. The molecule has 2 aromatic carbocycles. The molecule has 1 aliphatic rings. The van der Waals surface area contributed by atoms with Crippen molar-refractivity contribution in [2.75, 3.05) is 11.5 Å². The van der Waals surface area contributed by atoms with E-state index in [1.807, 2.05) is 24.3 Å². The Hall–Kier alpha value is -1.38. The van der Waals surface area contributed by atoms with E-state index >= 15 is 0 Å². The van der Waals surface area contributed by atoms with Crippen LogP contribution in [0, 0.1) is 0 Å². The Balaban J connectivity index is 0.000000722. The maximum atomic E-state index is 5.77. The smallest absolute Gasteiger partial charge is 0.0317 e. The standard InChI is InChI=1S/C13H12N2.2ClH/c14-10-1-3-12-8(6-10)5-9-7-11(15)2-4-13(9)12;;/h1-4,6-7H,5,14-15H2;2*1H. The van der Waals surface area contributed by atoms with Gasteiger partial charge >= 0.3 is 0 Å². The number of rotatable bonds is 0. The van der Waals surface area contributed by atoms with Crippen molar-refractivity contribution in [1.29, 1.82) is 0 Å². The van der Waals surface area contributed by atoms with Crippen LogP contribution in [0.25, 0.3) is 11.1 Å². The van der Waals surface area contributed by atoms with Crippen LogP contribution in [0.15, 0.2) is 36.4 Å². The quantitative estimate of drug-likeness (QED) is 0.615. The Morgan fingerprint density at radius 1 is 0.706 bits per heavy atom. The van der Waals surface area contributed by atoms with Crippen molar-refractivity contribution in [2.45, 2.75) is 6.42 Å². The fourth-order valence-electron chi connectivity index (χ4n) is 2.25. The second-order valence-corrected chi connectivity index (χ2v) is 4.01. The Morgan fingerprint density at radius 3 is 1.53 bits per heavy atom. The van der Waals surface area contributed by atoms with Crippen molar-refractivity contribution >= 4 is 36.2 Å². The first kappa shape index (κ1) is 13.7. The summed E-state index contributed by atoms with van der Waals surface area (Å²) in [5, 5.41) is 0. The van der Waals surface area contributed by atoms with Gasteiger partial charge in [-0.1, -0.05) is 12.1 Å². The number of nitrogen functional groups attached to an aromatic ring is 2. The molecule has 2 nitrogen and oxygen atoms in total. The molecule has 0 radical (unpaired) electrons. The third-order valence-corrected chi connectivity index (χ3v) is 2.93. The fraction of sp³-hybridized carbons (Fsp3) is 0.0769. The zero-order chi connectivity index (χ0) is 10.4. The van der Waals surface area contributed by atoms with Crippen LogP contribution in [0.2, 0.25) is 0 Å². The maximum absolute atomic E-state index is 5.77. The van der Waals surface area contributed by atoms with Gasteiger partial charge < -0.3 is 11.5 Å². The third-order valence-electron chi connectivity index (χ3n) is 2.93. The summed E-state index contributed by atoms with van der Waals surface area (Å²) in [6.07, 6.45) is 0.945. The molecule has 0 aromatic heterocycles. The van der Waals surface area contributed by atoms with Gasteiger partial charge in [-0.2, -0.15) is 0 Å². The van der Waals surface area contributed by atoms with Crippen LogP contribution >= 0.6 is 24.8 Å². The summed E-state index contributed by atoms with van der Waals surface area (Å²) in [6, 6.07) is 12.2. The van der Waals surface area contributed by atoms with E-state index in [9.17, 15) is 0 Å². The van der Waals surface area contributed by atoms with Gasteiger partial charge in [0.05, 0.1) is 0 Å². The van der Waals surface area contributed by atoms with Crippen LogP contribution < -0.4 is 11.5 Å². The largest absolute Gasteiger partial charge is 0.399 e. The van der Waals surface area contributed by atoms with E-state index < -0.39 is 0 Å². The highest BCUT2D eigenvalue weighted by atomic mass is 35.5. The predicted molar refractivity (Wildman–Crippen MR) is 78.0 cm³/mol. The molecule has 4 N–H and O–H groups in total. The average molecular weight is 269 g/mol. The molecular weight excluding hydrogens is 255 g/mol. The summed E-state index contributed by atoms with van der Waals surface area (Å²) in [5.74, 6) is 0. The van der Waals surface area contributed by atoms with Gasteiger partial charge in [0.1, 0.15) is 0 Å². The van der Waals surface area contributed by atoms with Gasteiger partial charge in [-0.15, -0.1) is 24.8 Å². The predicted octanol–water partition coefficient (Wildman–Crippen LogP) is 3.27. The lowest BCUT2D eigenvalue weighted by Crippen LogP contribution is -1.87. The van der Waals surface area contributed by atoms with E-state index in [1.54, 1.807) is 0 Å². The maximum Gasteiger partial charge on any atom is 0.0317 e. The van der Waals surface area contributed by atoms with Gasteiger partial charge in [0, 0.05) is 11.4 Å². The Kier molecular flexibility index (Phi) is 3.91. The van der Waals surface area contributed by atoms with Gasteiger partial charge in [0.2, 0.25) is 0 Å². The molecule has 0 aliphatic heterocycles. The molecule has 0 bridgehead atoms. The number of hydrogen-bond donors (Lipinski definition) is 2. The minimum absolute atomic E-state index is 0. The number of halogens is 2. The Morgan fingerprint density at radius 2 is 1.12 bits per heavy atom. The molecule has 0 saturated heterocycles. The summed E-state index contributed by atoms with van der Waals surface area (Å²) in [6.45, 7) is 0. The monoisotopic (exact) mass is 268 g/mol. The lowest BCUT2D eigenvalue weighted by Gasteiger charge is -2.01. The second kappa shape index (κ2) is 4.86. The molecule has 1 aliphatic carbocycles. The minimum Gasteiger partial charge on any atom is -0.399 e. The molecule has 2 aromatic rings. The van der Waals surface area contributed by atoms with Crippen LogP contribution in [0.4, 0.5) is 11.4 Å². The van der Waals surface area contributed by atoms with Gasteiger partial charge in [0.15, 0.2) is 0 Å². The summed E-state index contributed by atoms with van der Waals surface area (Å²) < 4.78 is 0. The van der Waals surface area contributed by atoms with E-state index in [2.05, 4.69) is 12.1 Å². The van der Waals surface area contributed by atoms with E-state index in [1.165, 1.54) is 22.3 Å². The molecule has 0 fully saturated rings. The SMILES string of the molecule is Cl.Cl.Nc1ccc2c(c1)Cc1cc(N)ccc1-2. The van der Waals surface area contributed by atoms with Gasteiger partial charge in [-0.25, -0.2) is 0 Å². The molecule has 3 rings (SSSR count). The van der Waals surface area contributed by atoms with Crippen molar-refractivity contribution in [3.05, 3.63) is 47.5 Å². The molecule has 0 heterocycles. The lowest BCUT2D eigenvalue weighted by molar-refractivity contribution is 1.27. The van der Waals surface area contributed by atoms with Crippen molar-refractivity contribution < 1.29 is 0 Å². The van der Waals surface area contributed by atoms with E-state index in [0.717, 1.165) is 17.8 Å². The van der Waals surface area contributed by atoms with Crippen molar-refractivity contribution in [3.63, 3.8) is 0 Å². The molecule has 90 valence electrons. The fourth-order valence-corrected chi connectivity index (χ4v) is 2.25. The zero-order valence-corrected chi connectivity index (χ0v) is 10.8. The van der Waals surface area contributed by atoms with Crippen molar-refractivity contribution in [1.82, 2.24) is 0 Å². The van der Waals surface area contributed by atoms with Crippen LogP contribution in [0.5, 0.6) is 0 Å². The average Bonchev–Trinajstić information content (AvgIpc) is 2.53. The van der Waals surface area contributed by atoms with Crippen LogP contribution in [-0.2, 0) is 6.42 Å². The summed E-state index contributed by atoms with van der Waals surface area (Å²) in [7, 11) is 0. The zero-order valence-electron chi connectivity index (χ0n) is 9.14. The normalized spacial score (nSPS) is 10.8. The highest BCUT2D eigenvalue weighted by Gasteiger charge is 2.17. The number of benzene rings is 2. The van der Waals surface area contributed by atoms with Crippen LogP contribution in [-0.4, -0.2) is 0 Å². The van der Waals surface area contributed by atoms with Gasteiger partial charge in [-0.3, -0.25) is 0 Å². The summed E-state index contributed by atoms with van der Waals surface area (Å²) in [5.41, 5.74) is 18.4. The summed E-state index contributed by atoms with van der Waals surface area (Å²) >= 11 is 0. The number of nitrogens with two attached hydrogens (primary N) is 2. The molecule has 0 spiro atoms. The van der Waals surface area contributed by atoms with Crippen molar-refractivity contribution in [2.24, 2.45) is 0 Å². The summed E-state index contributed by atoms with van der Waals surface area (Å²) in [4.78, 5) is 0. The highest BCUT2D eigenvalue weighted by Crippen LogP contribution is 2.38. The van der Waals surface area contributed by atoms with E-state index in [-0.39, 0.29) is 24.8 Å². The van der Waals surface area contributed by atoms with Crippen molar-refractivity contribution in [3.8, 4) is 11.1 Å². The number of anilines is 2. The Labute approximate surface area is 113 Å². The molecule has 17 heavy (non-hydrogen) atoms. The van der Waals surface area contributed by atoms with Crippen LogP contribution in [0.1, 0.15) is 11.1 Å². The molecule has 0 unspecified atom stereocenters. The third kappa shape index (κ3) is 2.19. The topological polar surface area (TPSA) is 52.0 Å². The number of hydrogen-bond acceptors (Lipinski definition) is 2. The Bertz CT molecular complexity index is 504. The first-order chi connectivity index (χ1) is 7.24. The highest BCUT2D eigenvalue weighted by molar-refractivity contribution is 5.85. The molecule has 0 amide bonds. The van der Waals surface area contributed by atoms with Crippen LogP contribution in [0.3, 0.4) is 0 Å². The van der Waals surface area contributed by atoms with E-state index in [0.29, 0.717) is 0 Å². The molecule has 0 atom stereocenters. The number of fused-ring (bicyclic) bond motifs is 3. The van der Waals surface area contributed by atoms with Gasteiger partial charge in [-0.05, 0) is 52.9 Å². The molecular formula is C13H14Cl2N2. The second-order valence-electron chi connectivity index (χ2n) is 4.01. The lowest BCUT2D eigenvalue weighted by atomic mass is 10.1. The molecule has 4 heteroatoms. The minimum atomic E-state index is 0. The first-order valence-corrected chi connectivity index (χ1v) is 5.01.